The molecule has 7 aromatic rings. The Morgan fingerprint density at radius 3 is 1.47 bits per heavy atom. The Kier molecular flexibility index (Phi) is 5.34. The Balaban J connectivity index is 1.48. The summed E-state index contributed by atoms with van der Waals surface area (Å²) in [5, 5.41) is 7.78. The minimum absolute atomic E-state index is 1.25. The van der Waals surface area contributed by atoms with Crippen LogP contribution in [0.25, 0.3) is 65.7 Å². The zero-order chi connectivity index (χ0) is 25.6. The first-order chi connectivity index (χ1) is 18.7. The maximum Gasteiger partial charge on any atom is -0.00263 e. The topological polar surface area (TPSA) is 0 Å². The molecule has 0 atom stereocenters. The predicted molar refractivity (Wildman–Crippen MR) is 165 cm³/mol. The molecule has 0 fully saturated rings. The van der Waals surface area contributed by atoms with Crippen LogP contribution in [-0.4, -0.2) is 0 Å². The number of rotatable bonds is 3. The number of hydrogen-bond donors (Lipinski definition) is 0. The monoisotopic (exact) mass is 484 g/mol. The Hall–Kier alpha value is -4.68. The van der Waals surface area contributed by atoms with E-state index in [1.54, 1.807) is 0 Å². The van der Waals surface area contributed by atoms with Crippen molar-refractivity contribution >= 4 is 32.3 Å². The fourth-order valence-electron chi connectivity index (χ4n) is 6.20. The summed E-state index contributed by atoms with van der Waals surface area (Å²) >= 11 is 0. The van der Waals surface area contributed by atoms with E-state index in [9.17, 15) is 0 Å². The number of fused-ring (bicyclic) bond motifs is 3. The maximum atomic E-state index is 2.38. The van der Waals surface area contributed by atoms with Crippen LogP contribution in [0.4, 0.5) is 0 Å². The van der Waals surface area contributed by atoms with Crippen LogP contribution in [0.3, 0.4) is 0 Å². The predicted octanol–water partition coefficient (Wildman–Crippen LogP) is 10.8. The molecule has 0 radical (unpaired) electrons. The molecule has 0 aliphatic carbocycles. The molecule has 7 aromatic carbocycles. The molecule has 0 aromatic heterocycles. The van der Waals surface area contributed by atoms with Crippen molar-refractivity contribution in [1.29, 1.82) is 0 Å². The lowest BCUT2D eigenvalue weighted by Gasteiger charge is -2.19. The molecule has 0 heterocycles. The van der Waals surface area contributed by atoms with E-state index in [1.807, 2.05) is 0 Å². The van der Waals surface area contributed by atoms with Gasteiger partial charge in [0.2, 0.25) is 0 Å². The largest absolute Gasteiger partial charge is 0.0622 e. The van der Waals surface area contributed by atoms with Gasteiger partial charge in [0, 0.05) is 0 Å². The summed E-state index contributed by atoms with van der Waals surface area (Å²) < 4.78 is 0. The lowest BCUT2D eigenvalue weighted by atomic mass is 9.85. The van der Waals surface area contributed by atoms with Gasteiger partial charge in [0.15, 0.2) is 0 Å². The SMILES string of the molecule is Cc1cc(-c2c3ccccc3c(-c3ccccc3)c3ccccc23)ccc1-c1ccc2ccccc2c1C. The fourth-order valence-corrected chi connectivity index (χ4v) is 6.20. The van der Waals surface area contributed by atoms with Crippen molar-refractivity contribution in [3.05, 3.63) is 145 Å². The highest BCUT2D eigenvalue weighted by atomic mass is 14.2. The van der Waals surface area contributed by atoms with Crippen molar-refractivity contribution < 1.29 is 0 Å². The molecule has 0 spiro atoms. The van der Waals surface area contributed by atoms with Crippen molar-refractivity contribution in [3.8, 4) is 33.4 Å². The van der Waals surface area contributed by atoms with Crippen molar-refractivity contribution in [2.24, 2.45) is 0 Å². The van der Waals surface area contributed by atoms with E-state index in [0.717, 1.165) is 0 Å². The van der Waals surface area contributed by atoms with Crippen molar-refractivity contribution in [1.82, 2.24) is 0 Å². The second-order valence-corrected chi connectivity index (χ2v) is 10.2. The molecular weight excluding hydrogens is 456 g/mol. The summed E-state index contributed by atoms with van der Waals surface area (Å²) in [6.07, 6.45) is 0. The van der Waals surface area contributed by atoms with E-state index < -0.39 is 0 Å². The molecule has 0 amide bonds. The van der Waals surface area contributed by atoms with E-state index in [0.29, 0.717) is 0 Å². The minimum atomic E-state index is 1.25. The van der Waals surface area contributed by atoms with Crippen LogP contribution in [0.15, 0.2) is 133 Å². The van der Waals surface area contributed by atoms with Crippen LogP contribution in [0, 0.1) is 13.8 Å². The van der Waals surface area contributed by atoms with Crippen molar-refractivity contribution in [2.45, 2.75) is 13.8 Å². The van der Waals surface area contributed by atoms with Gasteiger partial charge in [-0.15, -0.1) is 0 Å². The van der Waals surface area contributed by atoms with Gasteiger partial charge in [-0.25, -0.2) is 0 Å². The molecular formula is C38H28. The standard InChI is InChI=1S/C38H28/c1-25-24-29(21-22-30(25)32-23-20-27-12-6-7-15-31(27)26(32)2)38-35-18-10-8-16-33(35)37(28-13-4-3-5-14-28)34-17-9-11-19-36(34)38/h3-24H,1-2H3. The molecule has 0 saturated heterocycles. The maximum absolute atomic E-state index is 2.38. The highest BCUT2D eigenvalue weighted by molar-refractivity contribution is 6.21. The minimum Gasteiger partial charge on any atom is -0.0622 e. The molecule has 0 N–H and O–H groups in total. The van der Waals surface area contributed by atoms with Gasteiger partial charge >= 0.3 is 0 Å². The molecule has 0 bridgehead atoms. The Morgan fingerprint density at radius 1 is 0.368 bits per heavy atom. The zero-order valence-corrected chi connectivity index (χ0v) is 21.7. The molecule has 0 aliphatic rings. The molecule has 0 aliphatic heterocycles. The molecule has 38 heavy (non-hydrogen) atoms. The van der Waals surface area contributed by atoms with E-state index in [2.05, 4.69) is 147 Å². The van der Waals surface area contributed by atoms with Crippen LogP contribution in [0.1, 0.15) is 11.1 Å². The van der Waals surface area contributed by atoms with Crippen LogP contribution in [0.5, 0.6) is 0 Å². The highest BCUT2D eigenvalue weighted by Gasteiger charge is 2.17. The average molecular weight is 485 g/mol. The van der Waals surface area contributed by atoms with E-state index in [1.165, 1.54) is 76.8 Å². The van der Waals surface area contributed by atoms with Gasteiger partial charge in [0.05, 0.1) is 0 Å². The molecule has 0 saturated carbocycles. The molecule has 0 unspecified atom stereocenters. The van der Waals surface area contributed by atoms with Crippen molar-refractivity contribution in [3.63, 3.8) is 0 Å². The third-order valence-corrected chi connectivity index (χ3v) is 8.00. The summed E-state index contributed by atoms with van der Waals surface area (Å²) in [6, 6.07) is 48.7. The third kappa shape index (κ3) is 3.53. The van der Waals surface area contributed by atoms with Crippen LogP contribution < -0.4 is 0 Å². The zero-order valence-electron chi connectivity index (χ0n) is 21.7. The van der Waals surface area contributed by atoms with Crippen LogP contribution >= 0.6 is 0 Å². The first kappa shape index (κ1) is 22.5. The molecule has 0 nitrogen and oxygen atoms in total. The first-order valence-electron chi connectivity index (χ1n) is 13.3. The average Bonchev–Trinajstić information content (AvgIpc) is 2.97. The van der Waals surface area contributed by atoms with E-state index >= 15 is 0 Å². The fraction of sp³-hybridized carbons (Fsp3) is 0.0526. The van der Waals surface area contributed by atoms with Gasteiger partial charge in [0.1, 0.15) is 0 Å². The summed E-state index contributed by atoms with van der Waals surface area (Å²) in [7, 11) is 0. The molecule has 0 heteroatoms. The summed E-state index contributed by atoms with van der Waals surface area (Å²) in [4.78, 5) is 0. The van der Waals surface area contributed by atoms with Crippen LogP contribution in [0.2, 0.25) is 0 Å². The smallest absolute Gasteiger partial charge is 0.00263 e. The second-order valence-electron chi connectivity index (χ2n) is 10.2. The van der Waals surface area contributed by atoms with Gasteiger partial charge in [-0.2, -0.15) is 0 Å². The first-order valence-corrected chi connectivity index (χ1v) is 13.3. The van der Waals surface area contributed by atoms with E-state index in [-0.39, 0.29) is 0 Å². The van der Waals surface area contributed by atoms with Gasteiger partial charge < -0.3 is 0 Å². The summed E-state index contributed by atoms with van der Waals surface area (Å²) in [6.45, 7) is 4.49. The normalized spacial score (nSPS) is 11.4. The Bertz CT molecular complexity index is 1920. The second kappa shape index (κ2) is 9.01. The van der Waals surface area contributed by atoms with Gasteiger partial charge in [-0.3, -0.25) is 0 Å². The number of hydrogen-bond acceptors (Lipinski definition) is 0. The van der Waals surface area contributed by atoms with Crippen molar-refractivity contribution in [2.75, 3.05) is 0 Å². The van der Waals surface area contributed by atoms with Gasteiger partial charge in [-0.05, 0) is 90.7 Å². The van der Waals surface area contributed by atoms with E-state index in [4.69, 9.17) is 0 Å². The quantitative estimate of drug-likeness (QED) is 0.219. The van der Waals surface area contributed by atoms with Gasteiger partial charge in [0.25, 0.3) is 0 Å². The highest BCUT2D eigenvalue weighted by Crippen LogP contribution is 2.44. The number of aryl methyl sites for hydroxylation is 2. The van der Waals surface area contributed by atoms with Crippen LogP contribution in [-0.2, 0) is 0 Å². The summed E-state index contributed by atoms with van der Waals surface area (Å²) in [5.41, 5.74) is 10.4. The lowest BCUT2D eigenvalue weighted by molar-refractivity contribution is 1.43. The summed E-state index contributed by atoms with van der Waals surface area (Å²) in [5.74, 6) is 0. The third-order valence-electron chi connectivity index (χ3n) is 8.00. The number of benzene rings is 7. The molecule has 7 rings (SSSR count). The lowest BCUT2D eigenvalue weighted by Crippen LogP contribution is -1.93. The Morgan fingerprint density at radius 2 is 0.868 bits per heavy atom. The molecule has 180 valence electrons. The van der Waals surface area contributed by atoms with Gasteiger partial charge in [-0.1, -0.05) is 133 Å². The Labute approximate surface area is 223 Å².